The second kappa shape index (κ2) is 6.48. The van der Waals surface area contributed by atoms with Crippen LogP contribution in [0.2, 0.25) is 0 Å². The fourth-order valence-electron chi connectivity index (χ4n) is 3.46. The summed E-state index contributed by atoms with van der Waals surface area (Å²) < 4.78 is 14.4. The lowest BCUT2D eigenvalue weighted by Crippen LogP contribution is -2.14. The molecule has 1 aliphatic carbocycles. The van der Waals surface area contributed by atoms with Crippen LogP contribution in [0.4, 0.5) is 4.39 Å². The molecule has 22 heavy (non-hydrogen) atoms. The average molecular weight is 294 g/mol. The van der Waals surface area contributed by atoms with Gasteiger partial charge in [0.1, 0.15) is 5.82 Å². The molecule has 0 radical (unpaired) electrons. The number of halogens is 1. The van der Waals surface area contributed by atoms with E-state index >= 15 is 0 Å². The zero-order valence-corrected chi connectivity index (χ0v) is 13.4. The molecule has 1 unspecified atom stereocenters. The summed E-state index contributed by atoms with van der Waals surface area (Å²) in [5.74, 6) is 0.244. The molecule has 0 fully saturated rings. The van der Waals surface area contributed by atoms with Gasteiger partial charge in [0.2, 0.25) is 0 Å². The molecule has 0 amide bonds. The van der Waals surface area contributed by atoms with Gasteiger partial charge in [-0.15, -0.1) is 0 Å². The van der Waals surface area contributed by atoms with Gasteiger partial charge in [0, 0.05) is 0 Å². The maximum atomic E-state index is 14.4. The molecule has 0 N–H and O–H groups in total. The van der Waals surface area contributed by atoms with Crippen molar-refractivity contribution >= 4 is 6.08 Å². The molecule has 0 bridgehead atoms. The summed E-state index contributed by atoms with van der Waals surface area (Å²) in [5.41, 5.74) is 6.07. The largest absolute Gasteiger partial charge is 0.207 e. The number of aryl methyl sites for hydroxylation is 2. The first-order valence-electron chi connectivity index (χ1n) is 8.24. The quantitative estimate of drug-likeness (QED) is 0.681. The van der Waals surface area contributed by atoms with Gasteiger partial charge in [-0.25, -0.2) is 4.39 Å². The Balaban J connectivity index is 1.85. The van der Waals surface area contributed by atoms with Crippen molar-refractivity contribution in [2.45, 2.75) is 45.4 Å². The van der Waals surface area contributed by atoms with Crippen molar-refractivity contribution in [1.82, 2.24) is 0 Å². The summed E-state index contributed by atoms with van der Waals surface area (Å²) in [6, 6.07) is 12.4. The van der Waals surface area contributed by atoms with E-state index in [1.807, 2.05) is 31.2 Å². The van der Waals surface area contributed by atoms with Crippen molar-refractivity contribution in [3.05, 3.63) is 76.1 Å². The molecule has 1 atom stereocenters. The highest BCUT2D eigenvalue weighted by Crippen LogP contribution is 2.34. The first kappa shape index (κ1) is 15.0. The Morgan fingerprint density at radius 1 is 1.14 bits per heavy atom. The molecule has 0 spiro atoms. The van der Waals surface area contributed by atoms with Crippen molar-refractivity contribution in [1.29, 1.82) is 0 Å². The highest BCUT2D eigenvalue weighted by Gasteiger charge is 2.22. The minimum atomic E-state index is -0.0609. The van der Waals surface area contributed by atoms with Crippen LogP contribution in [0.3, 0.4) is 0 Å². The van der Waals surface area contributed by atoms with E-state index in [1.165, 1.54) is 16.7 Å². The maximum absolute atomic E-state index is 14.4. The first-order chi connectivity index (χ1) is 10.7. The SMILES string of the molecule is C/C=C/c1ccc(C2CCc3cc(CC)ccc3C2)c(F)c1. The summed E-state index contributed by atoms with van der Waals surface area (Å²) >= 11 is 0. The minimum Gasteiger partial charge on any atom is -0.207 e. The fourth-order valence-corrected chi connectivity index (χ4v) is 3.46. The van der Waals surface area contributed by atoms with E-state index in [2.05, 4.69) is 25.1 Å². The Bertz CT molecular complexity index is 697. The van der Waals surface area contributed by atoms with Crippen molar-refractivity contribution in [2.75, 3.05) is 0 Å². The zero-order chi connectivity index (χ0) is 15.5. The third-order valence-corrected chi connectivity index (χ3v) is 4.73. The van der Waals surface area contributed by atoms with E-state index in [-0.39, 0.29) is 5.82 Å². The molecule has 0 saturated heterocycles. The monoisotopic (exact) mass is 294 g/mol. The van der Waals surface area contributed by atoms with Crippen molar-refractivity contribution in [3.63, 3.8) is 0 Å². The smallest absolute Gasteiger partial charge is 0.127 e. The highest BCUT2D eigenvalue weighted by molar-refractivity contribution is 5.50. The van der Waals surface area contributed by atoms with Gasteiger partial charge in [0.15, 0.2) is 0 Å². The molecule has 2 aromatic carbocycles. The van der Waals surface area contributed by atoms with Crippen molar-refractivity contribution in [3.8, 4) is 0 Å². The Kier molecular flexibility index (Phi) is 4.42. The van der Waals surface area contributed by atoms with Crippen LogP contribution in [0.15, 0.2) is 42.5 Å². The summed E-state index contributed by atoms with van der Waals surface area (Å²) in [4.78, 5) is 0. The third kappa shape index (κ3) is 2.99. The van der Waals surface area contributed by atoms with E-state index in [4.69, 9.17) is 0 Å². The Morgan fingerprint density at radius 3 is 2.73 bits per heavy atom. The molecule has 1 aliphatic rings. The van der Waals surface area contributed by atoms with E-state index < -0.39 is 0 Å². The van der Waals surface area contributed by atoms with Gasteiger partial charge in [-0.2, -0.15) is 0 Å². The first-order valence-corrected chi connectivity index (χ1v) is 8.24. The molecule has 1 heteroatoms. The predicted octanol–water partition coefficient (Wildman–Crippen LogP) is 5.69. The van der Waals surface area contributed by atoms with E-state index in [0.29, 0.717) is 5.92 Å². The van der Waals surface area contributed by atoms with Crippen LogP contribution in [0, 0.1) is 5.82 Å². The maximum Gasteiger partial charge on any atom is 0.127 e. The van der Waals surface area contributed by atoms with Gasteiger partial charge >= 0.3 is 0 Å². The third-order valence-electron chi connectivity index (χ3n) is 4.73. The van der Waals surface area contributed by atoms with Gasteiger partial charge in [-0.05, 0) is 72.4 Å². The normalized spacial score (nSPS) is 17.7. The standard InChI is InChI=1S/C21H23F/c1-3-5-16-7-11-20(21(22)13-16)19-10-9-17-12-15(4-2)6-8-18(17)14-19/h3,5-8,11-13,19H,4,9-10,14H2,1-2H3/b5-3+. The van der Waals surface area contributed by atoms with Gasteiger partial charge in [-0.3, -0.25) is 0 Å². The van der Waals surface area contributed by atoms with Crippen LogP contribution in [0.1, 0.15) is 54.0 Å². The van der Waals surface area contributed by atoms with Gasteiger partial charge in [0.25, 0.3) is 0 Å². The van der Waals surface area contributed by atoms with Crippen LogP contribution < -0.4 is 0 Å². The summed E-state index contributed by atoms with van der Waals surface area (Å²) in [5, 5.41) is 0. The molecule has 0 aliphatic heterocycles. The number of allylic oxidation sites excluding steroid dienone is 1. The van der Waals surface area contributed by atoms with E-state index in [0.717, 1.165) is 36.8 Å². The average Bonchev–Trinajstić information content (AvgIpc) is 2.54. The number of hydrogen-bond acceptors (Lipinski definition) is 0. The van der Waals surface area contributed by atoms with Gasteiger partial charge in [-0.1, -0.05) is 49.4 Å². The molecule has 0 nitrogen and oxygen atoms in total. The van der Waals surface area contributed by atoms with Crippen LogP contribution in [-0.2, 0) is 19.3 Å². The second-order valence-corrected chi connectivity index (χ2v) is 6.18. The molecule has 0 saturated carbocycles. The van der Waals surface area contributed by atoms with Crippen LogP contribution in [0.5, 0.6) is 0 Å². The lowest BCUT2D eigenvalue weighted by atomic mass is 9.79. The number of fused-ring (bicyclic) bond motifs is 1. The molecule has 0 heterocycles. The Morgan fingerprint density at radius 2 is 2.00 bits per heavy atom. The Hall–Kier alpha value is -1.89. The number of hydrogen-bond donors (Lipinski definition) is 0. The van der Waals surface area contributed by atoms with Crippen molar-refractivity contribution in [2.24, 2.45) is 0 Å². The summed E-state index contributed by atoms with van der Waals surface area (Å²) in [6.45, 7) is 4.14. The molecular weight excluding hydrogens is 271 g/mol. The van der Waals surface area contributed by atoms with Crippen LogP contribution in [-0.4, -0.2) is 0 Å². The minimum absolute atomic E-state index is 0.0609. The Labute approximate surface area is 132 Å². The molecular formula is C21H23F. The van der Waals surface area contributed by atoms with Gasteiger partial charge in [0.05, 0.1) is 0 Å². The number of rotatable bonds is 3. The summed E-state index contributed by atoms with van der Waals surface area (Å²) in [6.07, 6.45) is 8.02. The topological polar surface area (TPSA) is 0 Å². The molecule has 0 aromatic heterocycles. The highest BCUT2D eigenvalue weighted by atomic mass is 19.1. The van der Waals surface area contributed by atoms with Crippen molar-refractivity contribution < 1.29 is 4.39 Å². The molecule has 2 aromatic rings. The van der Waals surface area contributed by atoms with Crippen LogP contribution >= 0.6 is 0 Å². The lowest BCUT2D eigenvalue weighted by Gasteiger charge is -2.26. The van der Waals surface area contributed by atoms with E-state index in [1.54, 1.807) is 6.07 Å². The predicted molar refractivity (Wildman–Crippen MR) is 91.7 cm³/mol. The molecule has 114 valence electrons. The van der Waals surface area contributed by atoms with Crippen LogP contribution in [0.25, 0.3) is 6.08 Å². The fraction of sp³-hybridized carbons (Fsp3) is 0.333. The summed E-state index contributed by atoms with van der Waals surface area (Å²) in [7, 11) is 0. The van der Waals surface area contributed by atoms with Gasteiger partial charge < -0.3 is 0 Å². The zero-order valence-electron chi connectivity index (χ0n) is 13.4. The number of benzene rings is 2. The molecule has 3 rings (SSSR count). The van der Waals surface area contributed by atoms with E-state index in [9.17, 15) is 4.39 Å². The second-order valence-electron chi connectivity index (χ2n) is 6.18. The lowest BCUT2D eigenvalue weighted by molar-refractivity contribution is 0.533.